The van der Waals surface area contributed by atoms with Crippen molar-refractivity contribution in [1.29, 1.82) is 0 Å². The standard InChI is InChI=1S/C26H28F2N6O2/c27-15-8-14(9-16(28)10-15)12-30-22-11-23(31-13-20(22)25(29)35)32-17-4-6-18(7-5-17)33-26(36)19-2-1-3-21-24(19)34-21/h4-11,13,19,21,23-24,30-32,34H,1-3,12H2,(H2,29,35)(H,33,36)/t19-,21?,23?,24?/m1/s1. The van der Waals surface area contributed by atoms with Gasteiger partial charge in [0.1, 0.15) is 17.8 Å². The Morgan fingerprint density at radius 1 is 1.03 bits per heavy atom. The molecule has 0 bridgehead atoms. The lowest BCUT2D eigenvalue weighted by Crippen LogP contribution is -2.38. The fourth-order valence-corrected chi connectivity index (χ4v) is 4.85. The molecule has 4 atom stereocenters. The average molecular weight is 495 g/mol. The van der Waals surface area contributed by atoms with Crippen molar-refractivity contribution in [1.82, 2.24) is 16.0 Å². The second-order valence-electron chi connectivity index (χ2n) is 9.33. The van der Waals surface area contributed by atoms with Gasteiger partial charge in [0.15, 0.2) is 0 Å². The lowest BCUT2D eigenvalue weighted by molar-refractivity contribution is -0.120. The molecule has 36 heavy (non-hydrogen) atoms. The van der Waals surface area contributed by atoms with Crippen LogP contribution >= 0.6 is 0 Å². The van der Waals surface area contributed by atoms with Gasteiger partial charge in [-0.05, 0) is 60.9 Å². The zero-order valence-corrected chi connectivity index (χ0v) is 19.5. The summed E-state index contributed by atoms with van der Waals surface area (Å²) in [5.74, 6) is -1.94. The van der Waals surface area contributed by atoms with Crippen LogP contribution in [0.5, 0.6) is 0 Å². The van der Waals surface area contributed by atoms with Crippen LogP contribution in [0.25, 0.3) is 0 Å². The van der Waals surface area contributed by atoms with E-state index in [9.17, 15) is 18.4 Å². The predicted octanol–water partition coefficient (Wildman–Crippen LogP) is 2.43. The molecule has 10 heteroatoms. The fraction of sp³-hybridized carbons (Fsp3) is 0.308. The second kappa shape index (κ2) is 9.98. The minimum absolute atomic E-state index is 0.0131. The number of primary amides is 1. The molecule has 0 aromatic heterocycles. The molecule has 1 saturated heterocycles. The maximum Gasteiger partial charge on any atom is 0.252 e. The predicted molar refractivity (Wildman–Crippen MR) is 132 cm³/mol. The average Bonchev–Trinajstić information content (AvgIpc) is 3.63. The topological polar surface area (TPSA) is 130 Å². The van der Waals surface area contributed by atoms with Crippen molar-refractivity contribution in [2.45, 2.75) is 44.1 Å². The first kappa shape index (κ1) is 23.8. The van der Waals surface area contributed by atoms with Gasteiger partial charge >= 0.3 is 0 Å². The molecule has 2 aromatic rings. The van der Waals surface area contributed by atoms with Gasteiger partial charge in [-0.1, -0.05) is 6.42 Å². The van der Waals surface area contributed by atoms with Crippen LogP contribution in [-0.4, -0.2) is 30.1 Å². The van der Waals surface area contributed by atoms with Gasteiger partial charge in [-0.15, -0.1) is 0 Å². The zero-order valence-electron chi connectivity index (χ0n) is 19.5. The Hall–Kier alpha value is -3.92. The molecule has 3 unspecified atom stereocenters. The van der Waals surface area contributed by atoms with E-state index in [1.54, 1.807) is 6.08 Å². The van der Waals surface area contributed by atoms with E-state index in [1.807, 2.05) is 24.3 Å². The van der Waals surface area contributed by atoms with Crippen molar-refractivity contribution in [2.75, 3.05) is 10.6 Å². The van der Waals surface area contributed by atoms with Crippen LogP contribution in [0.3, 0.4) is 0 Å². The van der Waals surface area contributed by atoms with Gasteiger partial charge < -0.3 is 32.3 Å². The van der Waals surface area contributed by atoms with Crippen molar-refractivity contribution in [3.05, 3.63) is 83.2 Å². The highest BCUT2D eigenvalue weighted by molar-refractivity contribution is 5.96. The Balaban J connectivity index is 1.20. The number of carbonyl (C=O) groups excluding carboxylic acids is 2. The molecule has 0 spiro atoms. The molecule has 7 N–H and O–H groups in total. The number of halogens is 2. The maximum absolute atomic E-state index is 13.5. The number of rotatable bonds is 8. The van der Waals surface area contributed by atoms with Gasteiger partial charge in [-0.2, -0.15) is 0 Å². The van der Waals surface area contributed by atoms with E-state index in [-0.39, 0.29) is 30.1 Å². The molecular weight excluding hydrogens is 466 g/mol. The number of dihydropyridines is 1. The van der Waals surface area contributed by atoms with Crippen LogP contribution < -0.4 is 32.3 Å². The summed E-state index contributed by atoms with van der Waals surface area (Å²) in [7, 11) is 0. The number of carbonyl (C=O) groups is 2. The smallest absolute Gasteiger partial charge is 0.252 e. The van der Waals surface area contributed by atoms with Crippen LogP contribution in [0.15, 0.2) is 66.0 Å². The molecule has 188 valence electrons. The van der Waals surface area contributed by atoms with Crippen LogP contribution in [-0.2, 0) is 16.1 Å². The Bertz CT molecular complexity index is 1210. The number of anilines is 2. The molecule has 2 aliphatic heterocycles. The van der Waals surface area contributed by atoms with E-state index in [1.165, 1.54) is 18.3 Å². The quantitative estimate of drug-likeness (QED) is 0.313. The zero-order chi connectivity index (χ0) is 25.2. The van der Waals surface area contributed by atoms with Gasteiger partial charge in [0.05, 0.1) is 11.5 Å². The third-order valence-electron chi connectivity index (χ3n) is 6.71. The Labute approximate surface area is 207 Å². The lowest BCUT2D eigenvalue weighted by atomic mass is 9.88. The molecule has 2 amide bonds. The van der Waals surface area contributed by atoms with Gasteiger partial charge in [-0.3, -0.25) is 9.59 Å². The van der Waals surface area contributed by atoms with Crippen LogP contribution in [0, 0.1) is 17.6 Å². The van der Waals surface area contributed by atoms with Gasteiger partial charge in [0.25, 0.3) is 5.91 Å². The Kier molecular flexibility index (Phi) is 6.60. The van der Waals surface area contributed by atoms with Crippen LogP contribution in [0.2, 0.25) is 0 Å². The highest BCUT2D eigenvalue weighted by Crippen LogP contribution is 2.34. The largest absolute Gasteiger partial charge is 0.380 e. The van der Waals surface area contributed by atoms with E-state index >= 15 is 0 Å². The third-order valence-corrected chi connectivity index (χ3v) is 6.71. The molecule has 1 saturated carbocycles. The van der Waals surface area contributed by atoms with Crippen molar-refractivity contribution in [3.8, 4) is 0 Å². The number of fused-ring (bicyclic) bond motifs is 1. The van der Waals surface area contributed by atoms with Crippen molar-refractivity contribution in [3.63, 3.8) is 0 Å². The summed E-state index contributed by atoms with van der Waals surface area (Å²) in [6.45, 7) is 0.102. The normalized spacial score (nSPS) is 24.4. The van der Waals surface area contributed by atoms with Crippen LogP contribution in [0.1, 0.15) is 24.8 Å². The third kappa shape index (κ3) is 5.49. The molecule has 2 aromatic carbocycles. The van der Waals surface area contributed by atoms with Gasteiger partial charge in [0.2, 0.25) is 5.91 Å². The summed E-state index contributed by atoms with van der Waals surface area (Å²) in [5, 5.41) is 15.8. The molecule has 1 aliphatic carbocycles. The highest BCUT2D eigenvalue weighted by atomic mass is 19.1. The Morgan fingerprint density at radius 3 is 2.47 bits per heavy atom. The van der Waals surface area contributed by atoms with Gasteiger partial charge in [-0.25, -0.2) is 8.78 Å². The Morgan fingerprint density at radius 2 is 1.75 bits per heavy atom. The SMILES string of the molecule is NC(=O)C1=CNC(Nc2ccc(NC(=O)[C@@H]3CCCC4NC43)cc2)C=C1NCc1cc(F)cc(F)c1. The minimum atomic E-state index is -0.678. The summed E-state index contributed by atoms with van der Waals surface area (Å²) in [6.07, 6.45) is 5.96. The van der Waals surface area contributed by atoms with Crippen molar-refractivity contribution in [2.24, 2.45) is 11.7 Å². The number of benzene rings is 2. The highest BCUT2D eigenvalue weighted by Gasteiger charge is 2.47. The first-order valence-corrected chi connectivity index (χ1v) is 12.0. The number of hydrogen-bond acceptors (Lipinski definition) is 6. The number of nitrogens with two attached hydrogens (primary N) is 1. The van der Waals surface area contributed by atoms with Gasteiger partial charge in [0, 0.05) is 48.0 Å². The summed E-state index contributed by atoms with van der Waals surface area (Å²) >= 11 is 0. The molecular formula is C26H28F2N6O2. The second-order valence-corrected chi connectivity index (χ2v) is 9.33. The van der Waals surface area contributed by atoms with E-state index in [2.05, 4.69) is 26.6 Å². The van der Waals surface area contributed by atoms with Crippen molar-refractivity contribution >= 4 is 23.2 Å². The van der Waals surface area contributed by atoms with Crippen LogP contribution in [0.4, 0.5) is 20.2 Å². The van der Waals surface area contributed by atoms with E-state index in [4.69, 9.17) is 5.73 Å². The minimum Gasteiger partial charge on any atom is -0.380 e. The first-order chi connectivity index (χ1) is 17.4. The fourth-order valence-electron chi connectivity index (χ4n) is 4.85. The maximum atomic E-state index is 13.5. The number of amides is 2. The summed E-state index contributed by atoms with van der Waals surface area (Å²) in [4.78, 5) is 24.5. The van der Waals surface area contributed by atoms with Crippen molar-refractivity contribution < 1.29 is 18.4 Å². The molecule has 2 heterocycles. The summed E-state index contributed by atoms with van der Waals surface area (Å²) in [5.41, 5.74) is 8.04. The first-order valence-electron chi connectivity index (χ1n) is 12.0. The monoisotopic (exact) mass is 494 g/mol. The molecule has 8 nitrogen and oxygen atoms in total. The molecule has 3 aliphatic rings. The van der Waals surface area contributed by atoms with E-state index in [0.717, 1.165) is 36.7 Å². The number of nitrogens with one attached hydrogen (secondary N) is 5. The number of hydrogen-bond donors (Lipinski definition) is 6. The summed E-state index contributed by atoms with van der Waals surface area (Å²) in [6, 6.07) is 11.4. The van der Waals surface area contributed by atoms with E-state index in [0.29, 0.717) is 23.3 Å². The van der Waals surface area contributed by atoms with E-state index < -0.39 is 17.5 Å². The molecule has 0 radical (unpaired) electrons. The summed E-state index contributed by atoms with van der Waals surface area (Å²) < 4.78 is 27.0. The molecule has 5 rings (SSSR count). The molecule has 2 fully saturated rings. The lowest BCUT2D eigenvalue weighted by Gasteiger charge is -2.25.